The summed E-state index contributed by atoms with van der Waals surface area (Å²) >= 11 is 0. The van der Waals surface area contributed by atoms with Gasteiger partial charge in [-0.2, -0.15) is 0 Å². The highest BCUT2D eigenvalue weighted by atomic mass is 16.2. The maximum absolute atomic E-state index is 12.8. The van der Waals surface area contributed by atoms with E-state index >= 15 is 0 Å². The van der Waals surface area contributed by atoms with E-state index in [1.54, 1.807) is 29.2 Å². The highest BCUT2D eigenvalue weighted by Crippen LogP contribution is 2.18. The van der Waals surface area contributed by atoms with Crippen LogP contribution in [0.4, 0.5) is 0 Å². The number of piperazine rings is 1. The summed E-state index contributed by atoms with van der Waals surface area (Å²) in [6.07, 6.45) is 1.81. The van der Waals surface area contributed by atoms with Gasteiger partial charge in [-0.1, -0.05) is 36.4 Å². The molecular formula is C24H23N5O3. The molecule has 2 aromatic heterocycles. The van der Waals surface area contributed by atoms with Gasteiger partial charge in [-0.25, -0.2) is 4.68 Å². The van der Waals surface area contributed by atoms with Crippen molar-refractivity contribution < 1.29 is 4.79 Å². The molecule has 0 atom stereocenters. The number of carbonyl (C=O) groups is 1. The minimum Gasteiger partial charge on any atom is -0.339 e. The van der Waals surface area contributed by atoms with Crippen LogP contribution in [-0.4, -0.2) is 56.7 Å². The zero-order chi connectivity index (χ0) is 22.1. The number of benzene rings is 2. The normalized spacial score (nSPS) is 14.8. The summed E-state index contributed by atoms with van der Waals surface area (Å²) in [4.78, 5) is 46.3. The molecule has 1 amide bonds. The Balaban J connectivity index is 1.25. The predicted octanol–water partition coefficient (Wildman–Crippen LogP) is 1.58. The SMILES string of the molecule is O=C(Cn1[nH]c(=O)c2ccccc2c1=O)N1CCN(Cc2cccc3cccnc23)CC1. The van der Waals surface area contributed by atoms with Gasteiger partial charge in [0, 0.05) is 44.3 Å². The zero-order valence-electron chi connectivity index (χ0n) is 17.5. The Morgan fingerprint density at radius 2 is 1.66 bits per heavy atom. The summed E-state index contributed by atoms with van der Waals surface area (Å²) in [6.45, 7) is 3.21. The number of carbonyl (C=O) groups excluding carboxylic acids is 1. The van der Waals surface area contributed by atoms with Gasteiger partial charge < -0.3 is 4.90 Å². The van der Waals surface area contributed by atoms with Crippen LogP contribution in [0.25, 0.3) is 21.7 Å². The van der Waals surface area contributed by atoms with Crippen LogP contribution in [0.3, 0.4) is 0 Å². The number of fused-ring (bicyclic) bond motifs is 2. The second kappa shape index (κ2) is 8.39. The van der Waals surface area contributed by atoms with Crippen molar-refractivity contribution >= 4 is 27.6 Å². The number of para-hydroxylation sites is 1. The van der Waals surface area contributed by atoms with Gasteiger partial charge in [-0.3, -0.25) is 29.4 Å². The lowest BCUT2D eigenvalue weighted by molar-refractivity contribution is -0.133. The van der Waals surface area contributed by atoms with E-state index in [4.69, 9.17) is 0 Å². The number of nitrogens with zero attached hydrogens (tertiary/aromatic N) is 4. The van der Waals surface area contributed by atoms with Crippen molar-refractivity contribution in [2.24, 2.45) is 0 Å². The molecule has 2 aromatic carbocycles. The smallest absolute Gasteiger partial charge is 0.273 e. The number of nitrogens with one attached hydrogen (secondary N) is 1. The van der Waals surface area contributed by atoms with Crippen molar-refractivity contribution in [1.29, 1.82) is 0 Å². The van der Waals surface area contributed by atoms with Crippen LogP contribution in [0, 0.1) is 0 Å². The molecule has 8 nitrogen and oxygen atoms in total. The highest BCUT2D eigenvalue weighted by Gasteiger charge is 2.22. The number of pyridine rings is 1. The Labute approximate surface area is 183 Å². The summed E-state index contributed by atoms with van der Waals surface area (Å²) in [5.74, 6) is -0.176. The molecule has 0 aliphatic carbocycles. The molecule has 0 saturated carbocycles. The van der Waals surface area contributed by atoms with Gasteiger partial charge in [0.25, 0.3) is 11.1 Å². The Morgan fingerprint density at radius 3 is 2.47 bits per heavy atom. The molecule has 5 rings (SSSR count). The van der Waals surface area contributed by atoms with E-state index in [1.165, 1.54) is 5.56 Å². The number of hydrogen-bond donors (Lipinski definition) is 1. The van der Waals surface area contributed by atoms with E-state index in [0.717, 1.165) is 35.2 Å². The van der Waals surface area contributed by atoms with E-state index in [1.807, 2.05) is 18.3 Å². The number of aromatic amines is 1. The van der Waals surface area contributed by atoms with Crippen LogP contribution in [0.5, 0.6) is 0 Å². The van der Waals surface area contributed by atoms with E-state index in [9.17, 15) is 14.4 Å². The Hall–Kier alpha value is -3.78. The summed E-state index contributed by atoms with van der Waals surface area (Å²) in [7, 11) is 0. The molecule has 1 aliphatic heterocycles. The molecule has 0 bridgehead atoms. The molecule has 8 heteroatoms. The van der Waals surface area contributed by atoms with Crippen molar-refractivity contribution in [3.8, 4) is 0 Å². The van der Waals surface area contributed by atoms with Crippen LogP contribution in [0.1, 0.15) is 5.56 Å². The Kier molecular flexibility index (Phi) is 5.28. The van der Waals surface area contributed by atoms with Gasteiger partial charge >= 0.3 is 0 Å². The van der Waals surface area contributed by atoms with E-state index < -0.39 is 0 Å². The van der Waals surface area contributed by atoms with Gasteiger partial charge in [-0.05, 0) is 23.8 Å². The van der Waals surface area contributed by atoms with Crippen LogP contribution < -0.4 is 11.1 Å². The molecule has 3 heterocycles. The fourth-order valence-corrected chi connectivity index (χ4v) is 4.28. The van der Waals surface area contributed by atoms with Gasteiger partial charge in [0.1, 0.15) is 6.54 Å². The maximum atomic E-state index is 12.8. The van der Waals surface area contributed by atoms with Crippen LogP contribution in [-0.2, 0) is 17.9 Å². The lowest BCUT2D eigenvalue weighted by Gasteiger charge is -2.35. The highest BCUT2D eigenvalue weighted by molar-refractivity contribution is 5.82. The number of rotatable bonds is 4. The van der Waals surface area contributed by atoms with Crippen molar-refractivity contribution in [2.45, 2.75) is 13.1 Å². The topological polar surface area (TPSA) is 91.3 Å². The largest absolute Gasteiger partial charge is 0.339 e. The third kappa shape index (κ3) is 3.80. The molecule has 1 fully saturated rings. The summed E-state index contributed by atoms with van der Waals surface area (Å²) in [5, 5.41) is 4.30. The number of amides is 1. The molecule has 0 unspecified atom stereocenters. The minimum atomic E-state index is -0.374. The van der Waals surface area contributed by atoms with Gasteiger partial charge in [0.15, 0.2) is 0 Å². The molecule has 4 aromatic rings. The Bertz CT molecular complexity index is 1410. The fraction of sp³-hybridized carbons (Fsp3) is 0.250. The number of hydrogen-bond acceptors (Lipinski definition) is 5. The summed E-state index contributed by atoms with van der Waals surface area (Å²) in [6, 6.07) is 16.8. The van der Waals surface area contributed by atoms with Crippen LogP contribution in [0.15, 0.2) is 70.4 Å². The first-order valence-corrected chi connectivity index (χ1v) is 10.6. The number of H-pyrrole nitrogens is 1. The second-order valence-corrected chi connectivity index (χ2v) is 8.03. The van der Waals surface area contributed by atoms with Crippen molar-refractivity contribution in [2.75, 3.05) is 26.2 Å². The molecule has 1 aliphatic rings. The monoisotopic (exact) mass is 429 g/mol. The molecule has 0 radical (unpaired) electrons. The van der Waals surface area contributed by atoms with Crippen LogP contribution in [0.2, 0.25) is 0 Å². The first-order valence-electron chi connectivity index (χ1n) is 10.6. The predicted molar refractivity (Wildman–Crippen MR) is 122 cm³/mol. The van der Waals surface area contributed by atoms with Gasteiger partial charge in [-0.15, -0.1) is 0 Å². The molecule has 1 N–H and O–H groups in total. The van der Waals surface area contributed by atoms with Crippen LogP contribution >= 0.6 is 0 Å². The van der Waals surface area contributed by atoms with E-state index in [2.05, 4.69) is 33.2 Å². The Morgan fingerprint density at radius 1 is 0.906 bits per heavy atom. The van der Waals surface area contributed by atoms with Gasteiger partial charge in [0.2, 0.25) is 5.91 Å². The van der Waals surface area contributed by atoms with E-state index in [-0.39, 0.29) is 23.6 Å². The lowest BCUT2D eigenvalue weighted by Crippen LogP contribution is -2.50. The van der Waals surface area contributed by atoms with Crippen molar-refractivity contribution in [1.82, 2.24) is 24.6 Å². The maximum Gasteiger partial charge on any atom is 0.273 e. The average Bonchev–Trinajstić information content (AvgIpc) is 2.83. The first-order chi connectivity index (χ1) is 15.6. The second-order valence-electron chi connectivity index (χ2n) is 8.03. The van der Waals surface area contributed by atoms with Crippen molar-refractivity contribution in [3.63, 3.8) is 0 Å². The average molecular weight is 429 g/mol. The standard InChI is InChI=1S/C24H23N5O3/c30-21(16-29-24(32)20-9-2-1-8-19(20)23(31)26-29)28-13-11-27(12-14-28)15-18-6-3-5-17-7-4-10-25-22(17)18/h1-10H,11-16H2,(H,26,31). The third-order valence-electron chi connectivity index (χ3n) is 6.01. The molecular weight excluding hydrogens is 406 g/mol. The first kappa shape index (κ1) is 20.1. The summed E-state index contributed by atoms with van der Waals surface area (Å²) in [5.41, 5.74) is 1.44. The lowest BCUT2D eigenvalue weighted by atomic mass is 10.1. The fourth-order valence-electron chi connectivity index (χ4n) is 4.28. The molecule has 1 saturated heterocycles. The zero-order valence-corrected chi connectivity index (χ0v) is 17.5. The minimum absolute atomic E-state index is 0.174. The third-order valence-corrected chi connectivity index (χ3v) is 6.01. The number of aromatic nitrogens is 3. The molecule has 32 heavy (non-hydrogen) atoms. The van der Waals surface area contributed by atoms with E-state index in [0.29, 0.717) is 23.9 Å². The molecule has 162 valence electrons. The quantitative estimate of drug-likeness (QED) is 0.532. The van der Waals surface area contributed by atoms with Crippen molar-refractivity contribution in [3.05, 3.63) is 87.1 Å². The summed E-state index contributed by atoms with van der Waals surface area (Å²) < 4.78 is 1.11. The van der Waals surface area contributed by atoms with Gasteiger partial charge in [0.05, 0.1) is 16.3 Å². The molecule has 0 spiro atoms.